The smallest absolute Gasteiger partial charge is 0.163 e. The summed E-state index contributed by atoms with van der Waals surface area (Å²) in [6.07, 6.45) is 2.90. The Labute approximate surface area is 123 Å². The highest BCUT2D eigenvalue weighted by Gasteiger charge is 2.08. The van der Waals surface area contributed by atoms with Crippen molar-refractivity contribution in [1.82, 2.24) is 9.97 Å². The number of rotatable bonds is 4. The van der Waals surface area contributed by atoms with Crippen LogP contribution in [0, 0.1) is 6.92 Å². The number of fused-ring (bicyclic) bond motifs is 1. The standard InChI is InChI=1S/C18H16N2O/c1-13-5-6-14-12-15(7-9-17(14)20-13)18(21)10-8-16-4-2-3-11-19-16/h2-7,9,11-12H,8,10H2,1H3. The van der Waals surface area contributed by atoms with Crippen LogP contribution in [0.25, 0.3) is 10.9 Å². The second-order valence-corrected chi connectivity index (χ2v) is 5.10. The van der Waals surface area contributed by atoms with Crippen LogP contribution in [0.15, 0.2) is 54.7 Å². The summed E-state index contributed by atoms with van der Waals surface area (Å²) >= 11 is 0. The van der Waals surface area contributed by atoms with Gasteiger partial charge in [0.15, 0.2) is 5.78 Å². The zero-order chi connectivity index (χ0) is 14.7. The summed E-state index contributed by atoms with van der Waals surface area (Å²) in [6.45, 7) is 1.96. The minimum absolute atomic E-state index is 0.142. The van der Waals surface area contributed by atoms with Crippen LogP contribution < -0.4 is 0 Å². The van der Waals surface area contributed by atoms with Gasteiger partial charge in [-0.15, -0.1) is 0 Å². The number of pyridine rings is 2. The molecule has 2 heterocycles. The van der Waals surface area contributed by atoms with E-state index >= 15 is 0 Å². The molecule has 2 aromatic heterocycles. The molecular formula is C18H16N2O. The van der Waals surface area contributed by atoms with Crippen LogP contribution in [-0.4, -0.2) is 15.8 Å². The Morgan fingerprint density at radius 1 is 1.10 bits per heavy atom. The van der Waals surface area contributed by atoms with Gasteiger partial charge in [-0.3, -0.25) is 14.8 Å². The SMILES string of the molecule is Cc1ccc2cc(C(=O)CCc3ccccn3)ccc2n1. The maximum atomic E-state index is 12.3. The Hall–Kier alpha value is -2.55. The predicted molar refractivity (Wildman–Crippen MR) is 83.4 cm³/mol. The number of aromatic nitrogens is 2. The van der Waals surface area contributed by atoms with Crippen molar-refractivity contribution in [2.45, 2.75) is 19.8 Å². The molecule has 0 bridgehead atoms. The third kappa shape index (κ3) is 3.14. The van der Waals surface area contributed by atoms with Crippen molar-refractivity contribution in [3.63, 3.8) is 0 Å². The normalized spacial score (nSPS) is 10.7. The molecule has 0 aliphatic heterocycles. The van der Waals surface area contributed by atoms with Gasteiger partial charge in [-0.25, -0.2) is 0 Å². The van der Waals surface area contributed by atoms with E-state index in [1.165, 1.54) is 0 Å². The first kappa shape index (κ1) is 13.4. The lowest BCUT2D eigenvalue weighted by Gasteiger charge is -2.04. The summed E-state index contributed by atoms with van der Waals surface area (Å²) < 4.78 is 0. The van der Waals surface area contributed by atoms with Crippen molar-refractivity contribution < 1.29 is 4.79 Å². The van der Waals surface area contributed by atoms with Crippen molar-refractivity contribution in [1.29, 1.82) is 0 Å². The highest BCUT2D eigenvalue weighted by Crippen LogP contribution is 2.16. The van der Waals surface area contributed by atoms with E-state index in [1.807, 2.05) is 55.5 Å². The maximum Gasteiger partial charge on any atom is 0.163 e. The molecule has 0 amide bonds. The van der Waals surface area contributed by atoms with Gasteiger partial charge in [-0.05, 0) is 49.7 Å². The van der Waals surface area contributed by atoms with Gasteiger partial charge in [0.1, 0.15) is 0 Å². The fraction of sp³-hybridized carbons (Fsp3) is 0.167. The van der Waals surface area contributed by atoms with E-state index in [0.29, 0.717) is 12.8 Å². The third-order valence-corrected chi connectivity index (χ3v) is 3.48. The van der Waals surface area contributed by atoms with Gasteiger partial charge in [0, 0.05) is 35.0 Å². The summed E-state index contributed by atoms with van der Waals surface area (Å²) in [4.78, 5) is 21.0. The van der Waals surface area contributed by atoms with Gasteiger partial charge in [-0.2, -0.15) is 0 Å². The van der Waals surface area contributed by atoms with E-state index in [0.717, 1.165) is 27.9 Å². The second kappa shape index (κ2) is 5.83. The number of nitrogens with zero attached hydrogens (tertiary/aromatic N) is 2. The van der Waals surface area contributed by atoms with Crippen LogP contribution >= 0.6 is 0 Å². The number of hydrogen-bond donors (Lipinski definition) is 0. The third-order valence-electron chi connectivity index (χ3n) is 3.48. The van der Waals surface area contributed by atoms with E-state index in [9.17, 15) is 4.79 Å². The highest BCUT2D eigenvalue weighted by atomic mass is 16.1. The van der Waals surface area contributed by atoms with Crippen molar-refractivity contribution in [3.8, 4) is 0 Å². The molecule has 21 heavy (non-hydrogen) atoms. The van der Waals surface area contributed by atoms with Crippen molar-refractivity contribution >= 4 is 16.7 Å². The number of carbonyl (C=O) groups is 1. The van der Waals surface area contributed by atoms with Crippen LogP contribution in [-0.2, 0) is 6.42 Å². The maximum absolute atomic E-state index is 12.3. The van der Waals surface area contributed by atoms with Crippen molar-refractivity contribution in [2.75, 3.05) is 0 Å². The summed E-state index contributed by atoms with van der Waals surface area (Å²) in [6, 6.07) is 15.4. The van der Waals surface area contributed by atoms with E-state index in [2.05, 4.69) is 9.97 Å². The van der Waals surface area contributed by atoms with E-state index in [-0.39, 0.29) is 5.78 Å². The molecule has 0 fully saturated rings. The Balaban J connectivity index is 1.77. The highest BCUT2D eigenvalue weighted by molar-refractivity contribution is 5.99. The lowest BCUT2D eigenvalue weighted by molar-refractivity contribution is 0.0982. The van der Waals surface area contributed by atoms with Crippen LogP contribution in [0.5, 0.6) is 0 Å². The predicted octanol–water partition coefficient (Wildman–Crippen LogP) is 3.75. The average Bonchev–Trinajstić information content (AvgIpc) is 2.53. The molecule has 104 valence electrons. The lowest BCUT2D eigenvalue weighted by atomic mass is 10.0. The van der Waals surface area contributed by atoms with Crippen LogP contribution in [0.3, 0.4) is 0 Å². The van der Waals surface area contributed by atoms with Crippen LogP contribution in [0.2, 0.25) is 0 Å². The molecule has 0 saturated carbocycles. The van der Waals surface area contributed by atoms with Crippen LogP contribution in [0.4, 0.5) is 0 Å². The minimum atomic E-state index is 0.142. The molecule has 0 radical (unpaired) electrons. The monoisotopic (exact) mass is 276 g/mol. The quantitative estimate of drug-likeness (QED) is 0.681. The molecule has 3 rings (SSSR count). The van der Waals surface area contributed by atoms with Gasteiger partial charge in [-0.1, -0.05) is 12.1 Å². The number of ketones is 1. The molecule has 0 aliphatic rings. The average molecular weight is 276 g/mol. The molecule has 3 aromatic rings. The van der Waals surface area contributed by atoms with Crippen LogP contribution in [0.1, 0.15) is 28.2 Å². The van der Waals surface area contributed by atoms with E-state index < -0.39 is 0 Å². The number of benzene rings is 1. The Morgan fingerprint density at radius 2 is 2.00 bits per heavy atom. The topological polar surface area (TPSA) is 42.9 Å². The van der Waals surface area contributed by atoms with Gasteiger partial charge in [0.25, 0.3) is 0 Å². The van der Waals surface area contributed by atoms with Gasteiger partial charge >= 0.3 is 0 Å². The zero-order valence-electron chi connectivity index (χ0n) is 11.9. The number of aryl methyl sites for hydroxylation is 2. The molecular weight excluding hydrogens is 260 g/mol. The Kier molecular flexibility index (Phi) is 3.73. The summed E-state index contributed by atoms with van der Waals surface area (Å²) in [5.41, 5.74) is 3.60. The van der Waals surface area contributed by atoms with Crippen molar-refractivity contribution in [2.24, 2.45) is 0 Å². The lowest BCUT2D eigenvalue weighted by Crippen LogP contribution is -2.02. The largest absolute Gasteiger partial charge is 0.294 e. The summed E-state index contributed by atoms with van der Waals surface area (Å²) in [7, 11) is 0. The molecule has 0 N–H and O–H groups in total. The molecule has 0 unspecified atom stereocenters. The van der Waals surface area contributed by atoms with E-state index in [1.54, 1.807) is 6.20 Å². The summed E-state index contributed by atoms with van der Waals surface area (Å²) in [5, 5.41) is 1.00. The second-order valence-electron chi connectivity index (χ2n) is 5.10. The molecule has 0 saturated heterocycles. The Morgan fingerprint density at radius 3 is 2.81 bits per heavy atom. The zero-order valence-corrected chi connectivity index (χ0v) is 11.9. The number of Topliss-reactive ketones (excluding diaryl/α,β-unsaturated/α-hetero) is 1. The number of carbonyl (C=O) groups excluding carboxylic acids is 1. The molecule has 3 nitrogen and oxygen atoms in total. The first-order valence-electron chi connectivity index (χ1n) is 7.03. The fourth-order valence-corrected chi connectivity index (χ4v) is 2.33. The number of hydrogen-bond acceptors (Lipinski definition) is 3. The molecule has 3 heteroatoms. The minimum Gasteiger partial charge on any atom is -0.294 e. The Bertz CT molecular complexity index is 782. The molecule has 1 aromatic carbocycles. The molecule has 0 atom stereocenters. The summed E-state index contributed by atoms with van der Waals surface area (Å²) in [5.74, 6) is 0.142. The fourth-order valence-electron chi connectivity index (χ4n) is 2.33. The van der Waals surface area contributed by atoms with E-state index in [4.69, 9.17) is 0 Å². The first-order chi connectivity index (χ1) is 10.2. The molecule has 0 aliphatic carbocycles. The first-order valence-corrected chi connectivity index (χ1v) is 7.03. The van der Waals surface area contributed by atoms with Crippen molar-refractivity contribution in [3.05, 3.63) is 71.7 Å². The van der Waals surface area contributed by atoms with Gasteiger partial charge < -0.3 is 0 Å². The van der Waals surface area contributed by atoms with Gasteiger partial charge in [0.2, 0.25) is 0 Å². The molecule has 0 spiro atoms. The van der Waals surface area contributed by atoms with Gasteiger partial charge in [0.05, 0.1) is 5.52 Å².